The first-order valence-electron chi connectivity index (χ1n) is 9.21. The first-order valence-corrected chi connectivity index (χ1v) is 9.59. The second-order valence-electron chi connectivity index (χ2n) is 8.09. The number of piperidine rings is 1. The van der Waals surface area contributed by atoms with Gasteiger partial charge < -0.3 is 20.3 Å². The molecule has 1 aromatic heterocycles. The van der Waals surface area contributed by atoms with Crippen molar-refractivity contribution in [2.24, 2.45) is 0 Å². The minimum atomic E-state index is -0.507. The lowest BCUT2D eigenvalue weighted by atomic mass is 9.97. The van der Waals surface area contributed by atoms with Gasteiger partial charge in [-0.05, 0) is 52.5 Å². The number of nitrogens with one attached hydrogen (secondary N) is 2. The standard InChI is InChI=1S/C18H26ClN5O3/c1-18(2,3)27-17(26)24-11-5-6-12(24)8-10(7-11)21-15-13(16(25)20-4)9-14(19)22-23-15/h9-12H,5-8H2,1-4H3,(H,20,25)(H,21,23)/t10?,11-,12+. The summed E-state index contributed by atoms with van der Waals surface area (Å²) in [6.45, 7) is 5.63. The van der Waals surface area contributed by atoms with Crippen LogP contribution in [0.5, 0.6) is 0 Å². The topological polar surface area (TPSA) is 96.5 Å². The smallest absolute Gasteiger partial charge is 0.410 e. The molecular formula is C18H26ClN5O3. The number of carbonyl (C=O) groups excluding carboxylic acids is 2. The zero-order valence-electron chi connectivity index (χ0n) is 16.1. The summed E-state index contributed by atoms with van der Waals surface area (Å²) in [6.07, 6.45) is 3.21. The number of ether oxygens (including phenoxy) is 1. The molecule has 3 rings (SSSR count). The molecule has 2 aliphatic heterocycles. The van der Waals surface area contributed by atoms with Gasteiger partial charge in [0.2, 0.25) is 0 Å². The normalized spacial score (nSPS) is 24.5. The van der Waals surface area contributed by atoms with Crippen molar-refractivity contribution in [1.29, 1.82) is 0 Å². The highest BCUT2D eigenvalue weighted by Gasteiger charge is 2.45. The van der Waals surface area contributed by atoms with Crippen molar-refractivity contribution in [1.82, 2.24) is 20.4 Å². The molecule has 2 saturated heterocycles. The Kier molecular flexibility index (Phi) is 5.46. The molecule has 148 valence electrons. The molecule has 2 aliphatic rings. The van der Waals surface area contributed by atoms with Gasteiger partial charge in [-0.2, -0.15) is 0 Å². The Balaban J connectivity index is 1.71. The molecule has 3 atom stereocenters. The van der Waals surface area contributed by atoms with E-state index in [0.717, 1.165) is 25.7 Å². The van der Waals surface area contributed by atoms with E-state index in [-0.39, 0.29) is 35.3 Å². The molecule has 1 aromatic rings. The lowest BCUT2D eigenvalue weighted by molar-refractivity contribution is 0.00682. The Labute approximate surface area is 164 Å². The SMILES string of the molecule is CNC(=O)c1cc(Cl)nnc1NC1C[C@H]2CC[C@@H](C1)N2C(=O)OC(C)(C)C. The first-order chi connectivity index (χ1) is 12.7. The van der Waals surface area contributed by atoms with Crippen LogP contribution in [0.2, 0.25) is 5.15 Å². The molecule has 0 radical (unpaired) electrons. The second kappa shape index (κ2) is 7.50. The zero-order chi connectivity index (χ0) is 19.8. The third kappa shape index (κ3) is 4.43. The van der Waals surface area contributed by atoms with Crippen molar-refractivity contribution < 1.29 is 14.3 Å². The van der Waals surface area contributed by atoms with Crippen molar-refractivity contribution in [3.63, 3.8) is 0 Å². The van der Waals surface area contributed by atoms with Gasteiger partial charge in [0.15, 0.2) is 11.0 Å². The van der Waals surface area contributed by atoms with Crippen molar-refractivity contribution in [3.05, 3.63) is 16.8 Å². The number of carbonyl (C=O) groups is 2. The quantitative estimate of drug-likeness (QED) is 0.816. The Morgan fingerprint density at radius 1 is 1.22 bits per heavy atom. The lowest BCUT2D eigenvalue weighted by Gasteiger charge is -2.39. The van der Waals surface area contributed by atoms with Crippen LogP contribution in [0.25, 0.3) is 0 Å². The van der Waals surface area contributed by atoms with E-state index in [2.05, 4.69) is 20.8 Å². The highest BCUT2D eigenvalue weighted by molar-refractivity contribution is 6.29. The maximum absolute atomic E-state index is 12.6. The summed E-state index contributed by atoms with van der Waals surface area (Å²) in [5, 5.41) is 14.0. The van der Waals surface area contributed by atoms with E-state index in [1.54, 1.807) is 7.05 Å². The van der Waals surface area contributed by atoms with Crippen LogP contribution in [-0.4, -0.2) is 57.9 Å². The van der Waals surface area contributed by atoms with E-state index < -0.39 is 5.60 Å². The van der Waals surface area contributed by atoms with Crippen molar-refractivity contribution in [2.45, 2.75) is 70.2 Å². The van der Waals surface area contributed by atoms with Crippen molar-refractivity contribution in [2.75, 3.05) is 12.4 Å². The van der Waals surface area contributed by atoms with E-state index in [0.29, 0.717) is 11.4 Å². The van der Waals surface area contributed by atoms with Gasteiger partial charge in [-0.3, -0.25) is 4.79 Å². The molecule has 2 fully saturated rings. The number of aromatic nitrogens is 2. The van der Waals surface area contributed by atoms with Crippen LogP contribution in [0.15, 0.2) is 6.07 Å². The summed E-state index contributed by atoms with van der Waals surface area (Å²) in [5.41, 5.74) is -0.146. The summed E-state index contributed by atoms with van der Waals surface area (Å²) >= 11 is 5.88. The Bertz CT molecular complexity index is 722. The van der Waals surface area contributed by atoms with Gasteiger partial charge >= 0.3 is 6.09 Å². The minimum absolute atomic E-state index is 0.0973. The number of nitrogens with zero attached hydrogens (tertiary/aromatic N) is 3. The molecule has 2 N–H and O–H groups in total. The van der Waals surface area contributed by atoms with Gasteiger partial charge in [0.25, 0.3) is 5.91 Å². The highest BCUT2D eigenvalue weighted by Crippen LogP contribution is 2.38. The van der Waals surface area contributed by atoms with Crippen LogP contribution < -0.4 is 10.6 Å². The molecule has 1 unspecified atom stereocenters. The van der Waals surface area contributed by atoms with Crippen LogP contribution in [0.1, 0.15) is 56.8 Å². The van der Waals surface area contributed by atoms with E-state index >= 15 is 0 Å². The predicted octanol–water partition coefficient (Wildman–Crippen LogP) is 2.83. The third-order valence-electron chi connectivity index (χ3n) is 4.91. The summed E-state index contributed by atoms with van der Waals surface area (Å²) in [6, 6.07) is 1.85. The zero-order valence-corrected chi connectivity index (χ0v) is 16.8. The highest BCUT2D eigenvalue weighted by atomic mass is 35.5. The van der Waals surface area contributed by atoms with Crippen molar-refractivity contribution in [3.8, 4) is 0 Å². The fraction of sp³-hybridized carbons (Fsp3) is 0.667. The molecule has 27 heavy (non-hydrogen) atoms. The molecular weight excluding hydrogens is 370 g/mol. The first kappa shape index (κ1) is 19.7. The van der Waals surface area contributed by atoms with E-state index in [1.165, 1.54) is 6.07 Å². The molecule has 0 saturated carbocycles. The molecule has 8 nitrogen and oxygen atoms in total. The van der Waals surface area contributed by atoms with Gasteiger partial charge in [-0.15, -0.1) is 10.2 Å². The van der Waals surface area contributed by atoms with Crippen LogP contribution in [-0.2, 0) is 4.74 Å². The number of hydrogen-bond acceptors (Lipinski definition) is 6. The summed E-state index contributed by atoms with van der Waals surface area (Å²) in [7, 11) is 1.56. The van der Waals surface area contributed by atoms with Gasteiger partial charge in [0.1, 0.15) is 5.60 Å². The Morgan fingerprint density at radius 2 is 1.85 bits per heavy atom. The van der Waals surface area contributed by atoms with E-state index in [1.807, 2.05) is 25.7 Å². The summed E-state index contributed by atoms with van der Waals surface area (Å²) < 4.78 is 5.57. The Morgan fingerprint density at radius 3 is 2.41 bits per heavy atom. The fourth-order valence-electron chi connectivity index (χ4n) is 3.88. The maximum Gasteiger partial charge on any atom is 0.410 e. The number of rotatable bonds is 3. The number of hydrogen-bond donors (Lipinski definition) is 2. The second-order valence-corrected chi connectivity index (χ2v) is 8.48. The number of halogens is 1. The van der Waals surface area contributed by atoms with Crippen LogP contribution in [0.4, 0.5) is 10.6 Å². The largest absolute Gasteiger partial charge is 0.444 e. The molecule has 3 heterocycles. The molecule has 2 amide bonds. The third-order valence-corrected chi connectivity index (χ3v) is 5.10. The minimum Gasteiger partial charge on any atom is -0.444 e. The van der Waals surface area contributed by atoms with E-state index in [9.17, 15) is 9.59 Å². The number of fused-ring (bicyclic) bond motifs is 2. The van der Waals surface area contributed by atoms with Crippen LogP contribution >= 0.6 is 11.6 Å². The molecule has 0 spiro atoms. The summed E-state index contributed by atoms with van der Waals surface area (Å²) in [5.74, 6) is 0.136. The average Bonchev–Trinajstić information content (AvgIpc) is 2.85. The maximum atomic E-state index is 12.6. The van der Waals surface area contributed by atoms with Crippen LogP contribution in [0.3, 0.4) is 0 Å². The van der Waals surface area contributed by atoms with Crippen LogP contribution in [0, 0.1) is 0 Å². The fourth-order valence-corrected chi connectivity index (χ4v) is 4.03. The number of anilines is 1. The van der Waals surface area contributed by atoms with Gasteiger partial charge in [-0.25, -0.2) is 4.79 Å². The average molecular weight is 396 g/mol. The van der Waals surface area contributed by atoms with Gasteiger partial charge in [0.05, 0.1) is 5.56 Å². The van der Waals surface area contributed by atoms with Gasteiger partial charge in [-0.1, -0.05) is 11.6 Å². The molecule has 2 bridgehead atoms. The van der Waals surface area contributed by atoms with Gasteiger partial charge in [0, 0.05) is 25.2 Å². The molecule has 0 aliphatic carbocycles. The predicted molar refractivity (Wildman–Crippen MR) is 102 cm³/mol. The lowest BCUT2D eigenvalue weighted by Crippen LogP contribution is -2.51. The Hall–Kier alpha value is -2.09. The molecule has 0 aromatic carbocycles. The van der Waals surface area contributed by atoms with Crippen molar-refractivity contribution >= 4 is 29.4 Å². The number of amides is 2. The van der Waals surface area contributed by atoms with E-state index in [4.69, 9.17) is 16.3 Å². The monoisotopic (exact) mass is 395 g/mol. The molecule has 9 heteroatoms. The summed E-state index contributed by atoms with van der Waals surface area (Å²) in [4.78, 5) is 26.5.